The monoisotopic (exact) mass is 250 g/mol. The molecule has 1 aliphatic heterocycles. The van der Waals surface area contributed by atoms with Crippen LogP contribution in [0.4, 0.5) is 0 Å². The molecule has 4 rings (SSSR count). The molecule has 0 bridgehead atoms. The zero-order valence-electron chi connectivity index (χ0n) is 10.1. The molecule has 3 heteroatoms. The number of fused-ring (bicyclic) bond motifs is 4. The van der Waals surface area contributed by atoms with E-state index in [-0.39, 0.29) is 5.63 Å². The molecule has 2 aromatic carbocycles. The lowest BCUT2D eigenvalue weighted by atomic mass is 9.96. The Balaban J connectivity index is 2.06. The Morgan fingerprint density at radius 2 is 1.84 bits per heavy atom. The Bertz CT molecular complexity index is 846. The molecule has 1 aromatic heterocycles. The van der Waals surface area contributed by atoms with Crippen LogP contribution < -0.4 is 10.4 Å². The van der Waals surface area contributed by atoms with E-state index in [9.17, 15) is 4.79 Å². The zero-order valence-corrected chi connectivity index (χ0v) is 10.1. The molecule has 1 aliphatic rings. The summed E-state index contributed by atoms with van der Waals surface area (Å²) < 4.78 is 10.9. The summed E-state index contributed by atoms with van der Waals surface area (Å²) in [6.07, 6.45) is 0. The molecular weight excluding hydrogens is 240 g/mol. The minimum Gasteiger partial charge on any atom is -0.488 e. The van der Waals surface area contributed by atoms with Crippen molar-refractivity contribution < 1.29 is 9.15 Å². The minimum absolute atomic E-state index is 0.344. The quantitative estimate of drug-likeness (QED) is 0.574. The first-order valence-corrected chi connectivity index (χ1v) is 6.10. The summed E-state index contributed by atoms with van der Waals surface area (Å²) in [5.41, 5.74) is 3.61. The Kier molecular flexibility index (Phi) is 2.03. The second kappa shape index (κ2) is 3.72. The molecule has 19 heavy (non-hydrogen) atoms. The van der Waals surface area contributed by atoms with Crippen molar-refractivity contribution >= 4 is 11.0 Å². The van der Waals surface area contributed by atoms with E-state index in [1.807, 2.05) is 18.2 Å². The van der Waals surface area contributed by atoms with Gasteiger partial charge >= 0.3 is 5.63 Å². The molecule has 0 aliphatic carbocycles. The van der Waals surface area contributed by atoms with Gasteiger partial charge in [-0.15, -0.1) is 0 Å². The molecule has 0 unspecified atom stereocenters. The van der Waals surface area contributed by atoms with Crippen molar-refractivity contribution in [3.05, 3.63) is 64.5 Å². The zero-order chi connectivity index (χ0) is 12.8. The number of hydrogen-bond acceptors (Lipinski definition) is 3. The Morgan fingerprint density at radius 3 is 2.79 bits per heavy atom. The fourth-order valence-electron chi connectivity index (χ4n) is 2.49. The van der Waals surface area contributed by atoms with Crippen LogP contribution in [0.15, 0.2) is 57.7 Å². The summed E-state index contributed by atoms with van der Waals surface area (Å²) in [5, 5.41) is 0.902. The third kappa shape index (κ3) is 1.55. The van der Waals surface area contributed by atoms with Crippen LogP contribution in [0, 0.1) is 0 Å². The van der Waals surface area contributed by atoms with Crippen LogP contribution in [-0.2, 0) is 6.61 Å². The summed E-state index contributed by atoms with van der Waals surface area (Å²) in [7, 11) is 0. The molecule has 0 saturated carbocycles. The van der Waals surface area contributed by atoms with E-state index in [4.69, 9.17) is 9.15 Å². The van der Waals surface area contributed by atoms with Crippen LogP contribution >= 0.6 is 0 Å². The van der Waals surface area contributed by atoms with E-state index < -0.39 is 0 Å². The van der Waals surface area contributed by atoms with E-state index >= 15 is 0 Å². The second-order valence-corrected chi connectivity index (χ2v) is 4.59. The summed E-state index contributed by atoms with van der Waals surface area (Å²) >= 11 is 0. The van der Waals surface area contributed by atoms with E-state index in [0.717, 1.165) is 16.7 Å². The van der Waals surface area contributed by atoms with Gasteiger partial charge < -0.3 is 9.15 Å². The SMILES string of the molecule is O=c1ccc2cc3c(cc2o1)OCc1ccccc1-3. The van der Waals surface area contributed by atoms with Crippen LogP contribution in [0.2, 0.25) is 0 Å². The normalized spacial score (nSPS) is 12.6. The smallest absolute Gasteiger partial charge is 0.336 e. The molecule has 0 spiro atoms. The highest BCUT2D eigenvalue weighted by Gasteiger charge is 2.17. The molecule has 0 N–H and O–H groups in total. The minimum atomic E-state index is -0.344. The summed E-state index contributed by atoms with van der Waals surface area (Å²) in [6, 6.07) is 15.2. The van der Waals surface area contributed by atoms with Gasteiger partial charge in [0.05, 0.1) is 0 Å². The molecule has 3 nitrogen and oxygen atoms in total. The third-order valence-corrected chi connectivity index (χ3v) is 3.41. The maximum Gasteiger partial charge on any atom is 0.336 e. The summed E-state index contributed by atoms with van der Waals surface area (Å²) in [5.74, 6) is 0.764. The fourth-order valence-corrected chi connectivity index (χ4v) is 2.49. The van der Waals surface area contributed by atoms with Gasteiger partial charge in [0.1, 0.15) is 17.9 Å². The van der Waals surface area contributed by atoms with Gasteiger partial charge in [0.25, 0.3) is 0 Å². The van der Waals surface area contributed by atoms with E-state index in [1.165, 1.54) is 17.2 Å². The average Bonchev–Trinajstić information content (AvgIpc) is 2.45. The van der Waals surface area contributed by atoms with Gasteiger partial charge in [-0.05, 0) is 23.3 Å². The lowest BCUT2D eigenvalue weighted by Crippen LogP contribution is -2.05. The fraction of sp³-hybridized carbons (Fsp3) is 0.0625. The van der Waals surface area contributed by atoms with Crippen molar-refractivity contribution in [1.29, 1.82) is 0 Å². The molecular formula is C16H10O3. The van der Waals surface area contributed by atoms with Gasteiger partial charge in [-0.1, -0.05) is 24.3 Å². The first-order chi connectivity index (χ1) is 9.31. The van der Waals surface area contributed by atoms with Crippen molar-refractivity contribution in [2.75, 3.05) is 0 Å². The number of ether oxygens (including phenoxy) is 1. The van der Waals surface area contributed by atoms with E-state index in [0.29, 0.717) is 12.2 Å². The van der Waals surface area contributed by atoms with Crippen LogP contribution in [0.3, 0.4) is 0 Å². The Hall–Kier alpha value is -2.55. The molecule has 0 fully saturated rings. The first kappa shape index (κ1) is 10.4. The van der Waals surface area contributed by atoms with Crippen LogP contribution in [0.25, 0.3) is 22.1 Å². The lowest BCUT2D eigenvalue weighted by Gasteiger charge is -2.20. The van der Waals surface area contributed by atoms with E-state index in [1.54, 1.807) is 12.1 Å². The molecule has 3 aromatic rings. The largest absolute Gasteiger partial charge is 0.488 e. The van der Waals surface area contributed by atoms with Crippen LogP contribution in [0.1, 0.15) is 5.56 Å². The highest BCUT2D eigenvalue weighted by Crippen LogP contribution is 2.39. The van der Waals surface area contributed by atoms with Crippen molar-refractivity contribution in [2.24, 2.45) is 0 Å². The standard InChI is InChI=1S/C16H10O3/c17-16-6-5-10-7-13-12-4-2-1-3-11(12)9-18-15(13)8-14(10)19-16/h1-8H,9H2. The maximum atomic E-state index is 11.2. The van der Waals surface area contributed by atoms with Crippen molar-refractivity contribution in [3.63, 3.8) is 0 Å². The summed E-state index contributed by atoms with van der Waals surface area (Å²) in [4.78, 5) is 11.2. The topological polar surface area (TPSA) is 39.4 Å². The van der Waals surface area contributed by atoms with Crippen LogP contribution in [-0.4, -0.2) is 0 Å². The van der Waals surface area contributed by atoms with Gasteiger partial charge in [0, 0.05) is 23.1 Å². The van der Waals surface area contributed by atoms with Gasteiger partial charge in [-0.3, -0.25) is 0 Å². The van der Waals surface area contributed by atoms with Crippen molar-refractivity contribution in [3.8, 4) is 16.9 Å². The Labute approximate surface area is 109 Å². The number of hydrogen-bond donors (Lipinski definition) is 0. The van der Waals surface area contributed by atoms with Gasteiger partial charge in [0.2, 0.25) is 0 Å². The second-order valence-electron chi connectivity index (χ2n) is 4.59. The molecule has 0 radical (unpaired) electrons. The van der Waals surface area contributed by atoms with Crippen molar-refractivity contribution in [1.82, 2.24) is 0 Å². The maximum absolute atomic E-state index is 11.2. The van der Waals surface area contributed by atoms with Crippen LogP contribution in [0.5, 0.6) is 5.75 Å². The first-order valence-electron chi connectivity index (χ1n) is 6.10. The average molecular weight is 250 g/mol. The molecule has 92 valence electrons. The van der Waals surface area contributed by atoms with Crippen molar-refractivity contribution in [2.45, 2.75) is 6.61 Å². The van der Waals surface area contributed by atoms with Gasteiger partial charge in [-0.2, -0.15) is 0 Å². The summed E-state index contributed by atoms with van der Waals surface area (Å²) in [6.45, 7) is 0.547. The lowest BCUT2D eigenvalue weighted by molar-refractivity contribution is 0.302. The molecule has 0 saturated heterocycles. The highest BCUT2D eigenvalue weighted by molar-refractivity contribution is 5.88. The predicted octanol–water partition coefficient (Wildman–Crippen LogP) is 3.35. The Morgan fingerprint density at radius 1 is 0.947 bits per heavy atom. The van der Waals surface area contributed by atoms with Gasteiger partial charge in [0.15, 0.2) is 0 Å². The predicted molar refractivity (Wildman–Crippen MR) is 72.3 cm³/mol. The number of benzene rings is 2. The molecule has 2 heterocycles. The highest BCUT2D eigenvalue weighted by atomic mass is 16.5. The molecule has 0 amide bonds. The third-order valence-electron chi connectivity index (χ3n) is 3.41. The number of rotatable bonds is 0. The van der Waals surface area contributed by atoms with E-state index in [2.05, 4.69) is 12.1 Å². The molecule has 0 atom stereocenters. The van der Waals surface area contributed by atoms with Gasteiger partial charge in [-0.25, -0.2) is 4.79 Å².